The molecular formula is C21H20ClF3N2O4. The Morgan fingerprint density at radius 1 is 1.13 bits per heavy atom. The quantitative estimate of drug-likeness (QED) is 0.458. The third-order valence-corrected chi connectivity index (χ3v) is 4.88. The van der Waals surface area contributed by atoms with Gasteiger partial charge < -0.3 is 14.2 Å². The van der Waals surface area contributed by atoms with E-state index in [2.05, 4.69) is 4.98 Å². The molecule has 0 fully saturated rings. The van der Waals surface area contributed by atoms with Crippen LogP contribution < -0.4 is 9.47 Å². The lowest BCUT2D eigenvalue weighted by Crippen LogP contribution is -2.11. The smallest absolute Gasteiger partial charge is 0.417 e. The second kappa shape index (κ2) is 8.66. The molecule has 0 radical (unpaired) electrons. The number of pyridine rings is 1. The van der Waals surface area contributed by atoms with Crippen LogP contribution in [0.3, 0.4) is 0 Å². The topological polar surface area (TPSA) is 62.1 Å². The lowest BCUT2D eigenvalue weighted by atomic mass is 10.1. The van der Waals surface area contributed by atoms with E-state index in [4.69, 9.17) is 25.8 Å². The molecule has 0 atom stereocenters. The molecule has 0 aliphatic heterocycles. The summed E-state index contributed by atoms with van der Waals surface area (Å²) in [6.45, 7) is 3.36. The summed E-state index contributed by atoms with van der Waals surface area (Å²) >= 11 is 6.06. The lowest BCUT2D eigenvalue weighted by Gasteiger charge is -2.12. The van der Waals surface area contributed by atoms with E-state index >= 15 is 0 Å². The summed E-state index contributed by atoms with van der Waals surface area (Å²) in [4.78, 5) is 17.0. The van der Waals surface area contributed by atoms with E-state index in [1.54, 1.807) is 6.07 Å². The highest BCUT2D eigenvalue weighted by atomic mass is 35.5. The first-order valence-electron chi connectivity index (χ1n) is 9.23. The van der Waals surface area contributed by atoms with Gasteiger partial charge in [0, 0.05) is 12.3 Å². The monoisotopic (exact) mass is 456 g/mol. The van der Waals surface area contributed by atoms with Crippen molar-refractivity contribution in [2.24, 2.45) is 0 Å². The van der Waals surface area contributed by atoms with Crippen LogP contribution in [-0.2, 0) is 17.5 Å². The van der Waals surface area contributed by atoms with Gasteiger partial charge in [-0.05, 0) is 24.1 Å². The molecule has 0 N–H and O–H groups in total. The Hall–Kier alpha value is -2.94. The number of aromatic nitrogens is 2. The standard InChI is InChI=1S/C21H20ClF3N2O4/c1-11(2)18-17(27-9-13(21(23,24)25)7-16(22)19(27)26-18)10-31-20(28)12-5-14(29-3)8-15(6-12)30-4/h5-9,11H,10H2,1-4H3. The second-order valence-corrected chi connectivity index (χ2v) is 7.45. The Morgan fingerprint density at radius 3 is 2.26 bits per heavy atom. The molecule has 1 aromatic carbocycles. The number of imidazole rings is 1. The summed E-state index contributed by atoms with van der Waals surface area (Å²) in [5.74, 6) is -0.0491. The van der Waals surface area contributed by atoms with Crippen molar-refractivity contribution in [1.29, 1.82) is 0 Å². The Kier molecular flexibility index (Phi) is 6.35. The highest BCUT2D eigenvalue weighted by molar-refractivity contribution is 6.33. The molecule has 0 saturated carbocycles. The molecule has 0 unspecified atom stereocenters. The Balaban J connectivity index is 1.99. The van der Waals surface area contributed by atoms with Crippen molar-refractivity contribution in [1.82, 2.24) is 9.38 Å². The fourth-order valence-corrected chi connectivity index (χ4v) is 3.32. The zero-order valence-electron chi connectivity index (χ0n) is 17.2. The van der Waals surface area contributed by atoms with Crippen LogP contribution in [0.1, 0.15) is 47.1 Å². The zero-order chi connectivity index (χ0) is 22.9. The summed E-state index contributed by atoms with van der Waals surface area (Å²) in [6, 6.07) is 5.37. The molecule has 10 heteroatoms. The summed E-state index contributed by atoms with van der Waals surface area (Å²) in [5, 5.41) is -0.146. The van der Waals surface area contributed by atoms with Crippen LogP contribution in [0.5, 0.6) is 11.5 Å². The molecule has 0 amide bonds. The van der Waals surface area contributed by atoms with Crippen molar-refractivity contribution < 1.29 is 32.2 Å². The van der Waals surface area contributed by atoms with Gasteiger partial charge in [0.1, 0.15) is 18.1 Å². The van der Waals surface area contributed by atoms with Gasteiger partial charge in [0.2, 0.25) is 0 Å². The maximum Gasteiger partial charge on any atom is 0.417 e. The second-order valence-electron chi connectivity index (χ2n) is 7.04. The van der Waals surface area contributed by atoms with Gasteiger partial charge in [-0.15, -0.1) is 0 Å². The first-order valence-corrected chi connectivity index (χ1v) is 9.60. The number of esters is 1. The highest BCUT2D eigenvalue weighted by Gasteiger charge is 2.32. The van der Waals surface area contributed by atoms with Crippen molar-refractivity contribution in [3.63, 3.8) is 0 Å². The Morgan fingerprint density at radius 2 is 1.74 bits per heavy atom. The highest BCUT2D eigenvalue weighted by Crippen LogP contribution is 2.34. The van der Waals surface area contributed by atoms with Gasteiger partial charge in [-0.25, -0.2) is 9.78 Å². The largest absolute Gasteiger partial charge is 0.497 e. The average molecular weight is 457 g/mol. The van der Waals surface area contributed by atoms with Gasteiger partial charge in [-0.1, -0.05) is 25.4 Å². The summed E-state index contributed by atoms with van der Waals surface area (Å²) < 4.78 is 56.7. The number of carbonyl (C=O) groups is 1. The summed E-state index contributed by atoms with van der Waals surface area (Å²) in [6.07, 6.45) is -3.69. The number of benzene rings is 1. The Labute approximate surface area is 181 Å². The van der Waals surface area contributed by atoms with Crippen LogP contribution in [0.2, 0.25) is 5.02 Å². The summed E-state index contributed by atoms with van der Waals surface area (Å²) in [7, 11) is 2.89. The summed E-state index contributed by atoms with van der Waals surface area (Å²) in [5.41, 5.74) is 0.193. The fourth-order valence-electron chi connectivity index (χ4n) is 3.07. The molecule has 0 aliphatic carbocycles. The zero-order valence-corrected chi connectivity index (χ0v) is 18.0. The number of hydrogen-bond donors (Lipinski definition) is 0. The van der Waals surface area contributed by atoms with Gasteiger partial charge in [0.05, 0.1) is 41.8 Å². The molecule has 6 nitrogen and oxygen atoms in total. The van der Waals surface area contributed by atoms with Gasteiger partial charge >= 0.3 is 12.1 Å². The molecule has 3 rings (SSSR count). The van der Waals surface area contributed by atoms with Crippen molar-refractivity contribution in [2.75, 3.05) is 14.2 Å². The normalized spacial score (nSPS) is 11.8. The number of nitrogens with zero attached hydrogens (tertiary/aromatic N) is 2. The molecule has 3 aromatic rings. The predicted molar refractivity (Wildman–Crippen MR) is 108 cm³/mol. The minimum absolute atomic E-state index is 0.143. The minimum atomic E-state index is -4.59. The third-order valence-electron chi connectivity index (χ3n) is 4.61. The predicted octanol–water partition coefficient (Wildman–Crippen LogP) is 5.50. The molecule has 0 saturated heterocycles. The van der Waals surface area contributed by atoms with E-state index in [0.717, 1.165) is 12.3 Å². The number of hydrogen-bond acceptors (Lipinski definition) is 5. The SMILES string of the molecule is COc1cc(OC)cc(C(=O)OCc2c(C(C)C)nc3c(Cl)cc(C(F)(F)F)cn23)c1. The molecule has 31 heavy (non-hydrogen) atoms. The first kappa shape index (κ1) is 22.7. The molecular weight excluding hydrogens is 437 g/mol. The van der Waals surface area contributed by atoms with Crippen molar-refractivity contribution in [3.05, 3.63) is 58.0 Å². The van der Waals surface area contributed by atoms with Crippen LogP contribution in [0.15, 0.2) is 30.5 Å². The van der Waals surface area contributed by atoms with Crippen LogP contribution in [0.25, 0.3) is 5.65 Å². The van der Waals surface area contributed by atoms with E-state index in [1.807, 2.05) is 13.8 Å². The van der Waals surface area contributed by atoms with Gasteiger partial charge in [0.25, 0.3) is 0 Å². The van der Waals surface area contributed by atoms with E-state index in [0.29, 0.717) is 22.9 Å². The minimum Gasteiger partial charge on any atom is -0.497 e. The van der Waals surface area contributed by atoms with Gasteiger partial charge in [-0.2, -0.15) is 13.2 Å². The Bertz CT molecular complexity index is 1100. The maximum atomic E-state index is 13.3. The maximum absolute atomic E-state index is 13.3. The van der Waals surface area contributed by atoms with E-state index in [-0.39, 0.29) is 28.8 Å². The molecule has 0 spiro atoms. The van der Waals surface area contributed by atoms with E-state index in [1.165, 1.54) is 30.8 Å². The number of ether oxygens (including phenoxy) is 3. The number of rotatable bonds is 6. The van der Waals surface area contributed by atoms with Gasteiger partial charge in [-0.3, -0.25) is 4.40 Å². The van der Waals surface area contributed by atoms with Crippen molar-refractivity contribution in [2.45, 2.75) is 32.5 Å². The molecule has 0 aliphatic rings. The molecule has 2 aromatic heterocycles. The van der Waals surface area contributed by atoms with Crippen LogP contribution in [0.4, 0.5) is 13.2 Å². The third kappa shape index (κ3) is 4.71. The lowest BCUT2D eigenvalue weighted by molar-refractivity contribution is -0.137. The van der Waals surface area contributed by atoms with Crippen LogP contribution >= 0.6 is 11.6 Å². The number of methoxy groups -OCH3 is 2. The number of alkyl halides is 3. The number of halogens is 4. The number of fused-ring (bicyclic) bond motifs is 1. The molecule has 166 valence electrons. The van der Waals surface area contributed by atoms with Crippen LogP contribution in [-0.4, -0.2) is 29.6 Å². The molecule has 0 bridgehead atoms. The number of carbonyl (C=O) groups excluding carboxylic acids is 1. The van der Waals surface area contributed by atoms with Crippen molar-refractivity contribution in [3.8, 4) is 11.5 Å². The van der Waals surface area contributed by atoms with Crippen molar-refractivity contribution >= 4 is 23.2 Å². The fraction of sp³-hybridized carbons (Fsp3) is 0.333. The first-order chi connectivity index (χ1) is 14.5. The van der Waals surface area contributed by atoms with E-state index < -0.39 is 17.7 Å². The average Bonchev–Trinajstić information content (AvgIpc) is 3.10. The van der Waals surface area contributed by atoms with E-state index in [9.17, 15) is 18.0 Å². The van der Waals surface area contributed by atoms with Crippen LogP contribution in [0, 0.1) is 0 Å². The molecule has 2 heterocycles. The van der Waals surface area contributed by atoms with Gasteiger partial charge in [0.15, 0.2) is 5.65 Å².